The van der Waals surface area contributed by atoms with Crippen LogP contribution in [0.5, 0.6) is 0 Å². The summed E-state index contributed by atoms with van der Waals surface area (Å²) >= 11 is 0. The number of carbonyl (C=O) groups excluding carboxylic acids is 1. The maximum Gasteiger partial charge on any atom is 0.389 e. The Kier molecular flexibility index (Phi) is 3.96. The molecule has 0 spiro atoms. The Morgan fingerprint density at radius 1 is 1.53 bits per heavy atom. The third-order valence-electron chi connectivity index (χ3n) is 2.44. The summed E-state index contributed by atoms with van der Waals surface area (Å²) in [5.74, 6) is -0.402. The van der Waals surface area contributed by atoms with Crippen molar-refractivity contribution >= 4 is 5.91 Å². The minimum absolute atomic E-state index is 0.0144. The van der Waals surface area contributed by atoms with E-state index in [4.69, 9.17) is 0 Å². The number of rotatable bonds is 2. The van der Waals surface area contributed by atoms with Gasteiger partial charge in [-0.3, -0.25) is 4.79 Å². The highest BCUT2D eigenvalue weighted by Gasteiger charge is 2.30. The largest absolute Gasteiger partial charge is 0.389 e. The first kappa shape index (κ1) is 12.3. The van der Waals surface area contributed by atoms with Gasteiger partial charge in [0.15, 0.2) is 0 Å². The number of halogens is 3. The molecule has 1 N–H and O–H groups in total. The Bertz CT molecular complexity index is 230. The van der Waals surface area contributed by atoms with E-state index in [0.717, 1.165) is 0 Å². The molecule has 0 aromatic heterocycles. The molecule has 1 rings (SSSR count). The quantitative estimate of drug-likeness (QED) is 0.763. The molecule has 0 aromatic carbocycles. The van der Waals surface area contributed by atoms with E-state index in [9.17, 15) is 18.0 Å². The van der Waals surface area contributed by atoms with Crippen molar-refractivity contribution in [2.24, 2.45) is 0 Å². The molecule has 88 valence electrons. The van der Waals surface area contributed by atoms with E-state index in [1.165, 1.54) is 4.90 Å². The normalized spacial score (nSPS) is 22.9. The molecular weight excluding hydrogens is 209 g/mol. The monoisotopic (exact) mass is 224 g/mol. The van der Waals surface area contributed by atoms with Crippen LogP contribution in [0.15, 0.2) is 0 Å². The number of amides is 1. The molecule has 1 aliphatic heterocycles. The fraction of sp³-hybridized carbons (Fsp3) is 0.889. The number of nitrogens with zero attached hydrogens (tertiary/aromatic N) is 1. The van der Waals surface area contributed by atoms with Crippen LogP contribution in [0.1, 0.15) is 19.8 Å². The maximum absolute atomic E-state index is 11.9. The number of piperazine rings is 1. The van der Waals surface area contributed by atoms with Gasteiger partial charge in [-0.05, 0) is 6.92 Å². The van der Waals surface area contributed by atoms with Gasteiger partial charge < -0.3 is 10.2 Å². The highest BCUT2D eigenvalue weighted by atomic mass is 19.4. The van der Waals surface area contributed by atoms with Gasteiger partial charge in [0.25, 0.3) is 0 Å². The lowest BCUT2D eigenvalue weighted by molar-refractivity contribution is -0.150. The number of hydrogen-bond donors (Lipinski definition) is 1. The summed E-state index contributed by atoms with van der Waals surface area (Å²) in [6, 6.07) is -0.0144. The number of alkyl halides is 3. The molecule has 0 aromatic rings. The van der Waals surface area contributed by atoms with Crippen molar-refractivity contribution in [3.63, 3.8) is 0 Å². The van der Waals surface area contributed by atoms with E-state index in [1.54, 1.807) is 0 Å². The van der Waals surface area contributed by atoms with Crippen molar-refractivity contribution in [3.05, 3.63) is 0 Å². The van der Waals surface area contributed by atoms with E-state index >= 15 is 0 Å². The van der Waals surface area contributed by atoms with Crippen LogP contribution in [0.4, 0.5) is 13.2 Å². The zero-order chi connectivity index (χ0) is 11.5. The zero-order valence-electron chi connectivity index (χ0n) is 8.60. The molecule has 1 saturated heterocycles. The number of nitrogens with one attached hydrogen (secondary N) is 1. The second-order valence-electron chi connectivity index (χ2n) is 3.76. The predicted molar refractivity (Wildman–Crippen MR) is 49.3 cm³/mol. The van der Waals surface area contributed by atoms with E-state index in [1.807, 2.05) is 6.92 Å². The van der Waals surface area contributed by atoms with Gasteiger partial charge in [0, 0.05) is 32.1 Å². The van der Waals surface area contributed by atoms with Crippen LogP contribution >= 0.6 is 0 Å². The van der Waals surface area contributed by atoms with Gasteiger partial charge >= 0.3 is 6.18 Å². The fourth-order valence-corrected chi connectivity index (χ4v) is 1.60. The van der Waals surface area contributed by atoms with E-state index in [-0.39, 0.29) is 6.04 Å². The van der Waals surface area contributed by atoms with Gasteiger partial charge in [-0.15, -0.1) is 0 Å². The van der Waals surface area contributed by atoms with Crippen molar-refractivity contribution in [2.75, 3.05) is 19.6 Å². The Balaban J connectivity index is 2.39. The molecule has 1 aliphatic rings. The molecule has 0 saturated carbocycles. The first-order chi connectivity index (χ1) is 6.90. The lowest BCUT2D eigenvalue weighted by Crippen LogP contribution is -2.52. The summed E-state index contributed by atoms with van der Waals surface area (Å²) < 4.78 is 35.7. The second kappa shape index (κ2) is 4.83. The molecule has 0 aliphatic carbocycles. The van der Waals surface area contributed by atoms with Crippen LogP contribution in [0.2, 0.25) is 0 Å². The Labute approximate surface area is 86.6 Å². The summed E-state index contributed by atoms with van der Waals surface area (Å²) in [6.45, 7) is 3.63. The third-order valence-corrected chi connectivity index (χ3v) is 2.44. The number of carbonyl (C=O) groups is 1. The highest BCUT2D eigenvalue weighted by molar-refractivity contribution is 5.76. The molecule has 0 unspecified atom stereocenters. The highest BCUT2D eigenvalue weighted by Crippen LogP contribution is 2.22. The average Bonchev–Trinajstić information content (AvgIpc) is 2.14. The smallest absolute Gasteiger partial charge is 0.337 e. The lowest BCUT2D eigenvalue weighted by Gasteiger charge is -2.34. The lowest BCUT2D eigenvalue weighted by atomic mass is 10.2. The minimum Gasteiger partial charge on any atom is -0.337 e. The van der Waals surface area contributed by atoms with Gasteiger partial charge in [0.1, 0.15) is 0 Å². The molecule has 6 heteroatoms. The van der Waals surface area contributed by atoms with E-state index < -0.39 is 24.9 Å². The van der Waals surface area contributed by atoms with Gasteiger partial charge in [0.2, 0.25) is 5.91 Å². The fourth-order valence-electron chi connectivity index (χ4n) is 1.60. The summed E-state index contributed by atoms with van der Waals surface area (Å²) in [4.78, 5) is 13.0. The summed E-state index contributed by atoms with van der Waals surface area (Å²) in [6.07, 6.45) is -5.71. The molecular formula is C9H15F3N2O. The van der Waals surface area contributed by atoms with Crippen LogP contribution in [0.3, 0.4) is 0 Å². The van der Waals surface area contributed by atoms with Crippen molar-refractivity contribution < 1.29 is 18.0 Å². The molecule has 1 atom stereocenters. The van der Waals surface area contributed by atoms with Crippen molar-refractivity contribution in [1.29, 1.82) is 0 Å². The summed E-state index contributed by atoms with van der Waals surface area (Å²) in [5, 5.41) is 3.08. The molecule has 3 nitrogen and oxygen atoms in total. The molecule has 1 fully saturated rings. The van der Waals surface area contributed by atoms with E-state index in [0.29, 0.717) is 19.6 Å². The molecule has 0 bridgehead atoms. The Morgan fingerprint density at radius 3 is 2.73 bits per heavy atom. The van der Waals surface area contributed by atoms with Crippen LogP contribution < -0.4 is 5.32 Å². The van der Waals surface area contributed by atoms with Gasteiger partial charge in [-0.1, -0.05) is 0 Å². The molecule has 15 heavy (non-hydrogen) atoms. The molecule has 1 amide bonds. The predicted octanol–water partition coefficient (Wildman–Crippen LogP) is 1.15. The van der Waals surface area contributed by atoms with Crippen molar-refractivity contribution in [1.82, 2.24) is 10.2 Å². The van der Waals surface area contributed by atoms with Crippen LogP contribution in [0.25, 0.3) is 0 Å². The van der Waals surface area contributed by atoms with Crippen LogP contribution in [-0.4, -0.2) is 42.7 Å². The summed E-state index contributed by atoms with van der Waals surface area (Å²) in [5.41, 5.74) is 0. The number of hydrogen-bond acceptors (Lipinski definition) is 2. The standard InChI is InChI=1S/C9H15F3N2O/c1-7-6-13-4-5-14(7)8(15)2-3-9(10,11)12/h7,13H,2-6H2,1H3/t7-/m1/s1. The Hall–Kier alpha value is -0.780. The van der Waals surface area contributed by atoms with Crippen molar-refractivity contribution in [2.45, 2.75) is 32.0 Å². The van der Waals surface area contributed by atoms with Gasteiger partial charge in [0.05, 0.1) is 6.42 Å². The van der Waals surface area contributed by atoms with Crippen LogP contribution in [-0.2, 0) is 4.79 Å². The molecule has 1 heterocycles. The summed E-state index contributed by atoms with van der Waals surface area (Å²) in [7, 11) is 0. The minimum atomic E-state index is -4.24. The first-order valence-electron chi connectivity index (χ1n) is 4.97. The SMILES string of the molecule is C[C@@H]1CNCCN1C(=O)CCC(F)(F)F. The Morgan fingerprint density at radius 2 is 2.20 bits per heavy atom. The topological polar surface area (TPSA) is 32.3 Å². The molecule has 0 radical (unpaired) electrons. The van der Waals surface area contributed by atoms with E-state index in [2.05, 4.69) is 5.32 Å². The zero-order valence-corrected chi connectivity index (χ0v) is 8.60. The third kappa shape index (κ3) is 4.07. The average molecular weight is 224 g/mol. The maximum atomic E-state index is 11.9. The van der Waals surface area contributed by atoms with Crippen LogP contribution in [0, 0.1) is 0 Å². The van der Waals surface area contributed by atoms with Gasteiger partial charge in [-0.25, -0.2) is 0 Å². The first-order valence-corrected chi connectivity index (χ1v) is 4.97. The second-order valence-corrected chi connectivity index (χ2v) is 3.76. The van der Waals surface area contributed by atoms with Crippen molar-refractivity contribution in [3.8, 4) is 0 Å². The van der Waals surface area contributed by atoms with Gasteiger partial charge in [-0.2, -0.15) is 13.2 Å².